The van der Waals surface area contributed by atoms with Crippen LogP contribution >= 0.6 is 47.2 Å². The molecule has 0 N–H and O–H groups in total. The van der Waals surface area contributed by atoms with Gasteiger partial charge in [-0.05, 0) is 35.9 Å². The Labute approximate surface area is 189 Å². The molecule has 2 aromatic rings. The maximum absolute atomic E-state index is 12.5. The van der Waals surface area contributed by atoms with Crippen molar-refractivity contribution in [3.8, 4) is 11.5 Å². The summed E-state index contributed by atoms with van der Waals surface area (Å²) in [5.74, 6) is 0.941. The van der Waals surface area contributed by atoms with E-state index in [9.17, 15) is 4.79 Å². The van der Waals surface area contributed by atoms with E-state index in [-0.39, 0.29) is 12.5 Å². The van der Waals surface area contributed by atoms with E-state index in [4.69, 9.17) is 44.9 Å². The van der Waals surface area contributed by atoms with Gasteiger partial charge in [0.1, 0.15) is 10.9 Å². The second-order valence-electron chi connectivity index (χ2n) is 5.98. The van der Waals surface area contributed by atoms with Gasteiger partial charge in [0.05, 0.1) is 12.0 Å². The number of carbonyl (C=O) groups is 1. The first kappa shape index (κ1) is 21.7. The van der Waals surface area contributed by atoms with E-state index in [1.807, 2.05) is 6.07 Å². The molecule has 150 valence electrons. The van der Waals surface area contributed by atoms with Crippen molar-refractivity contribution in [3.05, 3.63) is 75.1 Å². The summed E-state index contributed by atoms with van der Waals surface area (Å²) >= 11 is 18.9. The van der Waals surface area contributed by atoms with Crippen LogP contribution in [0.1, 0.15) is 11.1 Å². The monoisotopic (exact) mass is 465 g/mol. The third kappa shape index (κ3) is 4.95. The second-order valence-corrected chi connectivity index (χ2v) is 8.47. The summed E-state index contributed by atoms with van der Waals surface area (Å²) in [6.07, 6.45) is 3.42. The van der Waals surface area contributed by atoms with Gasteiger partial charge in [-0.1, -0.05) is 65.4 Å². The molecule has 2 aromatic carbocycles. The summed E-state index contributed by atoms with van der Waals surface area (Å²) in [6.45, 7) is 4.25. The van der Waals surface area contributed by atoms with Crippen molar-refractivity contribution >= 4 is 63.5 Å². The number of hydrogen-bond donors (Lipinski definition) is 0. The fourth-order valence-electron chi connectivity index (χ4n) is 2.65. The first-order chi connectivity index (χ1) is 13.9. The summed E-state index contributed by atoms with van der Waals surface area (Å²) in [6, 6.07) is 10.7. The number of rotatable bonds is 7. The lowest BCUT2D eigenvalue weighted by atomic mass is 10.1. The summed E-state index contributed by atoms with van der Waals surface area (Å²) < 4.78 is 11.8. The summed E-state index contributed by atoms with van der Waals surface area (Å²) in [5, 5.41) is 1.07. The fourth-order valence-corrected chi connectivity index (χ4v) is 4.43. The van der Waals surface area contributed by atoms with Gasteiger partial charge in [0, 0.05) is 22.2 Å². The third-order valence-electron chi connectivity index (χ3n) is 4.10. The molecule has 1 heterocycles. The van der Waals surface area contributed by atoms with E-state index >= 15 is 0 Å². The van der Waals surface area contributed by atoms with Crippen molar-refractivity contribution in [1.82, 2.24) is 4.90 Å². The molecule has 4 nitrogen and oxygen atoms in total. The Morgan fingerprint density at radius 3 is 2.59 bits per heavy atom. The Morgan fingerprint density at radius 1 is 1.21 bits per heavy atom. The number of ether oxygens (including phenoxy) is 2. The molecule has 0 saturated carbocycles. The Balaban J connectivity index is 1.80. The van der Waals surface area contributed by atoms with Gasteiger partial charge in [-0.2, -0.15) is 0 Å². The van der Waals surface area contributed by atoms with Crippen LogP contribution < -0.4 is 9.47 Å². The van der Waals surface area contributed by atoms with E-state index in [2.05, 4.69) is 6.58 Å². The molecule has 8 heteroatoms. The van der Waals surface area contributed by atoms with Crippen molar-refractivity contribution in [2.75, 3.05) is 13.7 Å². The lowest BCUT2D eigenvalue weighted by molar-refractivity contribution is -0.121. The van der Waals surface area contributed by atoms with Crippen LogP contribution in [0.2, 0.25) is 10.0 Å². The van der Waals surface area contributed by atoms with E-state index in [0.29, 0.717) is 42.9 Å². The lowest BCUT2D eigenvalue weighted by Gasteiger charge is -2.13. The molecule has 29 heavy (non-hydrogen) atoms. The van der Waals surface area contributed by atoms with Crippen LogP contribution in [0.4, 0.5) is 0 Å². The van der Waals surface area contributed by atoms with Gasteiger partial charge in [0.2, 0.25) is 0 Å². The number of thiocarbonyl (C=S) groups is 1. The summed E-state index contributed by atoms with van der Waals surface area (Å²) in [4.78, 5) is 14.5. The number of thioether (sulfide) groups is 1. The van der Waals surface area contributed by atoms with Crippen molar-refractivity contribution in [3.63, 3.8) is 0 Å². The molecule has 0 atom stereocenters. The molecular weight excluding hydrogens is 449 g/mol. The average molecular weight is 466 g/mol. The van der Waals surface area contributed by atoms with Crippen LogP contribution in [-0.4, -0.2) is 28.8 Å². The lowest BCUT2D eigenvalue weighted by Crippen LogP contribution is -2.27. The number of benzene rings is 2. The third-order valence-corrected chi connectivity index (χ3v) is 6.19. The molecule has 0 unspecified atom stereocenters. The van der Waals surface area contributed by atoms with Crippen molar-refractivity contribution in [2.24, 2.45) is 0 Å². The summed E-state index contributed by atoms with van der Waals surface area (Å²) in [5.41, 5.74) is 1.50. The highest BCUT2D eigenvalue weighted by Crippen LogP contribution is 2.35. The van der Waals surface area contributed by atoms with Crippen molar-refractivity contribution in [2.45, 2.75) is 6.61 Å². The Hall–Kier alpha value is -1.99. The van der Waals surface area contributed by atoms with E-state index in [1.54, 1.807) is 49.6 Å². The molecule has 1 amide bonds. The average Bonchev–Trinajstić information content (AvgIpc) is 2.96. The topological polar surface area (TPSA) is 38.8 Å². The van der Waals surface area contributed by atoms with Crippen LogP contribution in [0.15, 0.2) is 54.0 Å². The van der Waals surface area contributed by atoms with Crippen LogP contribution in [0.25, 0.3) is 6.08 Å². The largest absolute Gasteiger partial charge is 0.493 e. The Kier molecular flexibility index (Phi) is 7.24. The minimum atomic E-state index is -0.132. The highest BCUT2D eigenvalue weighted by Gasteiger charge is 2.31. The standard InChI is InChI=1S/C21H17Cl2NO3S2/c1-3-9-24-20(25)19(29-21(24)28)11-13-7-8-17(18(10-13)26-2)27-12-14-15(22)5-4-6-16(14)23/h3-8,10-11H,1,9,12H2,2H3/b19-11-. The van der Waals surface area contributed by atoms with E-state index < -0.39 is 0 Å². The predicted octanol–water partition coefficient (Wildman–Crippen LogP) is 5.97. The molecule has 0 radical (unpaired) electrons. The number of carbonyl (C=O) groups excluding carboxylic acids is 1. The molecule has 1 saturated heterocycles. The normalized spacial score (nSPS) is 15.1. The minimum Gasteiger partial charge on any atom is -0.493 e. The second kappa shape index (κ2) is 9.67. The molecule has 0 bridgehead atoms. The molecule has 0 spiro atoms. The van der Waals surface area contributed by atoms with Crippen molar-refractivity contribution < 1.29 is 14.3 Å². The predicted molar refractivity (Wildman–Crippen MR) is 124 cm³/mol. The Bertz CT molecular complexity index is 987. The molecule has 0 aliphatic carbocycles. The van der Waals surface area contributed by atoms with Gasteiger partial charge in [-0.25, -0.2) is 0 Å². The van der Waals surface area contributed by atoms with Gasteiger partial charge in [-0.15, -0.1) is 6.58 Å². The minimum absolute atomic E-state index is 0.132. The molecule has 1 aliphatic heterocycles. The number of amides is 1. The molecule has 3 rings (SSSR count). The number of methoxy groups -OCH3 is 1. The van der Waals surface area contributed by atoms with Gasteiger partial charge >= 0.3 is 0 Å². The quantitative estimate of drug-likeness (QED) is 0.286. The highest BCUT2D eigenvalue weighted by molar-refractivity contribution is 8.26. The van der Waals surface area contributed by atoms with Crippen molar-refractivity contribution in [1.29, 1.82) is 0 Å². The van der Waals surface area contributed by atoms with Gasteiger partial charge in [0.15, 0.2) is 11.5 Å². The SMILES string of the molecule is C=CCN1C(=O)/C(=C/c2ccc(OCc3c(Cl)cccc3Cl)c(OC)c2)SC1=S. The van der Waals surface area contributed by atoms with E-state index in [1.165, 1.54) is 16.7 Å². The number of nitrogens with zero attached hydrogens (tertiary/aromatic N) is 1. The molecule has 1 fully saturated rings. The van der Waals surface area contributed by atoms with Crippen LogP contribution in [0.3, 0.4) is 0 Å². The zero-order chi connectivity index (χ0) is 21.0. The zero-order valence-electron chi connectivity index (χ0n) is 15.5. The Morgan fingerprint density at radius 2 is 1.93 bits per heavy atom. The maximum Gasteiger partial charge on any atom is 0.266 e. The number of hydrogen-bond acceptors (Lipinski definition) is 5. The smallest absolute Gasteiger partial charge is 0.266 e. The van der Waals surface area contributed by atoms with Gasteiger partial charge < -0.3 is 9.47 Å². The molecular formula is C21H17Cl2NO3S2. The van der Waals surface area contributed by atoms with Crippen LogP contribution in [0.5, 0.6) is 11.5 Å². The first-order valence-corrected chi connectivity index (χ1v) is 10.5. The van der Waals surface area contributed by atoms with Crippen LogP contribution in [-0.2, 0) is 11.4 Å². The molecule has 0 aromatic heterocycles. The van der Waals surface area contributed by atoms with Gasteiger partial charge in [0.25, 0.3) is 5.91 Å². The first-order valence-electron chi connectivity index (χ1n) is 8.54. The fraction of sp³-hybridized carbons (Fsp3) is 0.143. The van der Waals surface area contributed by atoms with E-state index in [0.717, 1.165) is 5.56 Å². The summed E-state index contributed by atoms with van der Waals surface area (Å²) in [7, 11) is 1.55. The molecule has 1 aliphatic rings. The van der Waals surface area contributed by atoms with Crippen LogP contribution in [0, 0.1) is 0 Å². The maximum atomic E-state index is 12.5. The highest BCUT2D eigenvalue weighted by atomic mass is 35.5. The van der Waals surface area contributed by atoms with Gasteiger partial charge in [-0.3, -0.25) is 9.69 Å². The zero-order valence-corrected chi connectivity index (χ0v) is 18.6. The number of halogens is 2.